The number of rotatable bonds is 9. The van der Waals surface area contributed by atoms with Crippen LogP contribution < -0.4 is 4.74 Å². The zero-order valence-electron chi connectivity index (χ0n) is 17.5. The van der Waals surface area contributed by atoms with Gasteiger partial charge in [0.2, 0.25) is 0 Å². The number of unbranched alkanes of at least 4 members (excludes halogenated alkanes) is 2. The van der Waals surface area contributed by atoms with Crippen LogP contribution in [0.5, 0.6) is 5.75 Å². The number of Topliss-reactive ketones (excluding diaryl/α,β-unsaturated/α-hetero) is 1. The lowest BCUT2D eigenvalue weighted by atomic mass is 9.76. The third kappa shape index (κ3) is 5.47. The van der Waals surface area contributed by atoms with Crippen molar-refractivity contribution >= 4 is 5.78 Å². The Bertz CT molecular complexity index is 730. The molecule has 2 aromatic rings. The Morgan fingerprint density at radius 3 is 2.14 bits per heavy atom. The summed E-state index contributed by atoms with van der Waals surface area (Å²) in [4.78, 5) is 12.7. The highest BCUT2D eigenvalue weighted by Gasteiger charge is 2.29. The summed E-state index contributed by atoms with van der Waals surface area (Å²) in [5.41, 5.74) is 3.55. The number of hydrogen-bond acceptors (Lipinski definition) is 2. The molecule has 2 aromatic carbocycles. The summed E-state index contributed by atoms with van der Waals surface area (Å²) in [6, 6.07) is 16.9. The van der Waals surface area contributed by atoms with Crippen LogP contribution in [0.25, 0.3) is 11.1 Å². The van der Waals surface area contributed by atoms with E-state index in [0.29, 0.717) is 11.7 Å². The molecule has 1 aliphatic rings. The molecule has 0 unspecified atom stereocenters. The summed E-state index contributed by atoms with van der Waals surface area (Å²) in [6.45, 7) is 5.10. The van der Waals surface area contributed by atoms with Gasteiger partial charge in [-0.1, -0.05) is 75.9 Å². The quantitative estimate of drug-likeness (QED) is 0.432. The molecule has 2 nitrogen and oxygen atoms in total. The lowest BCUT2D eigenvalue weighted by Crippen LogP contribution is -2.23. The van der Waals surface area contributed by atoms with Crippen molar-refractivity contribution in [1.29, 1.82) is 0 Å². The molecule has 0 aromatic heterocycles. The fourth-order valence-corrected chi connectivity index (χ4v) is 4.25. The third-order valence-electron chi connectivity index (χ3n) is 5.93. The van der Waals surface area contributed by atoms with Crippen LogP contribution in [0.3, 0.4) is 0 Å². The zero-order valence-corrected chi connectivity index (χ0v) is 17.5. The van der Waals surface area contributed by atoms with Crippen molar-refractivity contribution in [3.8, 4) is 16.9 Å². The first kappa shape index (κ1) is 20.6. The van der Waals surface area contributed by atoms with E-state index in [9.17, 15) is 4.79 Å². The molecule has 0 bridgehead atoms. The molecule has 2 atom stereocenters. The summed E-state index contributed by atoms with van der Waals surface area (Å²) in [6.07, 6.45) is 9.04. The minimum absolute atomic E-state index is 0.0984. The van der Waals surface area contributed by atoms with E-state index in [1.807, 2.05) is 12.1 Å². The van der Waals surface area contributed by atoms with E-state index in [2.05, 4.69) is 50.2 Å². The molecule has 3 rings (SSSR count). The van der Waals surface area contributed by atoms with E-state index in [0.717, 1.165) is 31.6 Å². The van der Waals surface area contributed by atoms with Gasteiger partial charge in [0, 0.05) is 12.3 Å². The second-order valence-corrected chi connectivity index (χ2v) is 8.16. The smallest absolute Gasteiger partial charge is 0.140 e. The minimum Gasteiger partial charge on any atom is -0.494 e. The number of hydrogen-bond donors (Lipinski definition) is 0. The van der Waals surface area contributed by atoms with Crippen LogP contribution in [0, 0.1) is 5.92 Å². The molecule has 0 amide bonds. The molecule has 0 aliphatic heterocycles. The molecule has 1 saturated carbocycles. The fourth-order valence-electron chi connectivity index (χ4n) is 4.25. The van der Waals surface area contributed by atoms with Gasteiger partial charge >= 0.3 is 0 Å². The first-order valence-corrected chi connectivity index (χ1v) is 11.1. The van der Waals surface area contributed by atoms with Crippen molar-refractivity contribution in [2.75, 3.05) is 6.61 Å². The highest BCUT2D eigenvalue weighted by Crippen LogP contribution is 2.36. The van der Waals surface area contributed by atoms with E-state index in [4.69, 9.17) is 4.74 Å². The fraction of sp³-hybridized carbons (Fsp3) is 0.500. The van der Waals surface area contributed by atoms with E-state index < -0.39 is 0 Å². The molecule has 0 saturated heterocycles. The maximum absolute atomic E-state index is 12.7. The first-order chi connectivity index (χ1) is 13.7. The largest absolute Gasteiger partial charge is 0.494 e. The van der Waals surface area contributed by atoms with Gasteiger partial charge in [-0.25, -0.2) is 0 Å². The predicted octanol–water partition coefficient (Wildman–Crippen LogP) is 7.18. The van der Waals surface area contributed by atoms with E-state index in [-0.39, 0.29) is 5.92 Å². The van der Waals surface area contributed by atoms with Gasteiger partial charge in [0.1, 0.15) is 11.5 Å². The van der Waals surface area contributed by atoms with Gasteiger partial charge in [0.05, 0.1) is 6.61 Å². The number of ether oxygens (including phenoxy) is 1. The highest BCUT2D eigenvalue weighted by atomic mass is 16.5. The van der Waals surface area contributed by atoms with E-state index >= 15 is 0 Å². The van der Waals surface area contributed by atoms with Crippen molar-refractivity contribution in [2.24, 2.45) is 5.92 Å². The van der Waals surface area contributed by atoms with Crippen molar-refractivity contribution < 1.29 is 9.53 Å². The van der Waals surface area contributed by atoms with Crippen molar-refractivity contribution in [1.82, 2.24) is 0 Å². The van der Waals surface area contributed by atoms with Crippen LogP contribution >= 0.6 is 0 Å². The van der Waals surface area contributed by atoms with Gasteiger partial charge in [-0.15, -0.1) is 0 Å². The Kier molecular flexibility index (Phi) is 7.71. The number of benzene rings is 2. The molecule has 2 heteroatoms. The first-order valence-electron chi connectivity index (χ1n) is 11.1. The second-order valence-electron chi connectivity index (χ2n) is 8.16. The molecule has 0 N–H and O–H groups in total. The van der Waals surface area contributed by atoms with Crippen LogP contribution in [0.4, 0.5) is 0 Å². The summed E-state index contributed by atoms with van der Waals surface area (Å²) < 4.78 is 5.66. The van der Waals surface area contributed by atoms with Crippen LogP contribution in [0.2, 0.25) is 0 Å². The zero-order chi connectivity index (χ0) is 19.8. The molecule has 1 aliphatic carbocycles. The molecule has 1 fully saturated rings. The van der Waals surface area contributed by atoms with Crippen LogP contribution in [-0.4, -0.2) is 12.4 Å². The Hall–Kier alpha value is -2.09. The number of carbonyl (C=O) groups is 1. The third-order valence-corrected chi connectivity index (χ3v) is 5.93. The summed E-state index contributed by atoms with van der Waals surface area (Å²) in [7, 11) is 0. The van der Waals surface area contributed by atoms with Gasteiger partial charge in [0.25, 0.3) is 0 Å². The predicted molar refractivity (Wildman–Crippen MR) is 117 cm³/mol. The minimum atomic E-state index is 0.0984. The number of ketones is 1. The van der Waals surface area contributed by atoms with Crippen LogP contribution in [0.15, 0.2) is 48.5 Å². The molecule has 0 spiro atoms. The van der Waals surface area contributed by atoms with Crippen molar-refractivity contribution in [2.45, 2.75) is 71.1 Å². The molecule has 28 heavy (non-hydrogen) atoms. The van der Waals surface area contributed by atoms with Gasteiger partial charge < -0.3 is 4.74 Å². The van der Waals surface area contributed by atoms with Gasteiger partial charge in [0.15, 0.2) is 0 Å². The van der Waals surface area contributed by atoms with Crippen molar-refractivity contribution in [3.05, 3.63) is 54.1 Å². The summed E-state index contributed by atoms with van der Waals surface area (Å²) in [5.74, 6) is 2.07. The molecule has 0 heterocycles. The van der Waals surface area contributed by atoms with E-state index in [1.54, 1.807) is 0 Å². The Morgan fingerprint density at radius 2 is 1.54 bits per heavy atom. The molecule has 150 valence electrons. The number of carbonyl (C=O) groups excluding carboxylic acids is 1. The van der Waals surface area contributed by atoms with E-state index in [1.165, 1.54) is 48.8 Å². The topological polar surface area (TPSA) is 26.3 Å². The molecular weight excluding hydrogens is 344 g/mol. The van der Waals surface area contributed by atoms with Crippen LogP contribution in [-0.2, 0) is 4.79 Å². The maximum Gasteiger partial charge on any atom is 0.140 e. The lowest BCUT2D eigenvalue weighted by molar-refractivity contribution is -0.123. The maximum atomic E-state index is 12.7. The normalized spacial score (nSPS) is 19.6. The Balaban J connectivity index is 1.59. The average Bonchev–Trinajstić information content (AvgIpc) is 2.73. The van der Waals surface area contributed by atoms with Gasteiger partial charge in [-0.05, 0) is 54.0 Å². The van der Waals surface area contributed by atoms with Gasteiger partial charge in [-0.2, -0.15) is 0 Å². The Morgan fingerprint density at radius 1 is 0.857 bits per heavy atom. The lowest BCUT2D eigenvalue weighted by Gasteiger charge is -2.27. The van der Waals surface area contributed by atoms with Crippen molar-refractivity contribution in [3.63, 3.8) is 0 Å². The summed E-state index contributed by atoms with van der Waals surface area (Å²) in [5, 5.41) is 0. The van der Waals surface area contributed by atoms with Crippen LogP contribution in [0.1, 0.15) is 76.7 Å². The highest BCUT2D eigenvalue weighted by molar-refractivity contribution is 5.86. The molecular formula is C26H34O2. The Labute approximate surface area is 170 Å². The molecule has 0 radical (unpaired) electrons. The SMILES string of the molecule is CCCCC[C@@H]1CC[C@@H](c2ccc(-c3ccc(OCCC)cc3)cc2)C(=O)C1. The monoisotopic (exact) mass is 378 g/mol. The standard InChI is InChI=1S/C26H34O2/c1-3-5-6-7-20-8-17-25(26(27)19-20)23-11-9-21(10-12-23)22-13-15-24(16-14-22)28-18-4-2/h9-16,20,25H,3-8,17-19H2,1-2H3/t20-,25+/m1/s1. The average molecular weight is 379 g/mol. The second kappa shape index (κ2) is 10.5. The summed E-state index contributed by atoms with van der Waals surface area (Å²) >= 11 is 0. The van der Waals surface area contributed by atoms with Gasteiger partial charge in [-0.3, -0.25) is 4.79 Å².